The Morgan fingerprint density at radius 1 is 1.42 bits per heavy atom. The van der Waals surface area contributed by atoms with Gasteiger partial charge in [-0.25, -0.2) is 0 Å². The maximum absolute atomic E-state index is 11.8. The van der Waals surface area contributed by atoms with Crippen LogP contribution in [0.25, 0.3) is 0 Å². The summed E-state index contributed by atoms with van der Waals surface area (Å²) >= 11 is 0. The van der Waals surface area contributed by atoms with E-state index in [2.05, 4.69) is 10.1 Å². The van der Waals surface area contributed by atoms with Crippen LogP contribution in [0.5, 0.6) is 0 Å². The number of halogens is 3. The van der Waals surface area contributed by atoms with Crippen LogP contribution in [0.4, 0.5) is 24.5 Å². The van der Waals surface area contributed by atoms with Crippen molar-refractivity contribution in [3.8, 4) is 0 Å². The van der Waals surface area contributed by atoms with Gasteiger partial charge in [0.1, 0.15) is 6.61 Å². The fourth-order valence-corrected chi connectivity index (χ4v) is 1.39. The number of hydrogen-bond acceptors (Lipinski definition) is 3. The number of nitrogens with two attached hydrogens (primary N) is 1. The van der Waals surface area contributed by atoms with Crippen LogP contribution in [-0.2, 0) is 9.53 Å². The Morgan fingerprint density at radius 3 is 2.68 bits per heavy atom. The zero-order valence-electron chi connectivity index (χ0n) is 10.4. The van der Waals surface area contributed by atoms with Crippen molar-refractivity contribution in [2.45, 2.75) is 19.5 Å². The molecule has 0 atom stereocenters. The molecule has 0 radical (unpaired) electrons. The predicted octanol–water partition coefficient (Wildman–Crippen LogP) is 2.48. The Kier molecular flexibility index (Phi) is 5.17. The second-order valence-corrected chi connectivity index (χ2v) is 4.01. The molecule has 0 aliphatic rings. The Morgan fingerprint density at radius 2 is 2.11 bits per heavy atom. The van der Waals surface area contributed by atoms with E-state index in [1.54, 1.807) is 25.1 Å². The molecule has 0 heterocycles. The average Bonchev–Trinajstić information content (AvgIpc) is 2.28. The SMILES string of the molecule is Cc1cccc(N)c1NC(=O)COCCC(F)(F)F. The van der Waals surface area contributed by atoms with E-state index in [0.717, 1.165) is 5.56 Å². The Balaban J connectivity index is 2.40. The number of nitrogen functional groups attached to an aromatic ring is 1. The van der Waals surface area contributed by atoms with Gasteiger partial charge >= 0.3 is 6.18 Å². The Hall–Kier alpha value is -1.76. The van der Waals surface area contributed by atoms with Crippen LogP contribution in [0.2, 0.25) is 0 Å². The third kappa shape index (κ3) is 5.60. The van der Waals surface area contributed by atoms with E-state index in [4.69, 9.17) is 5.73 Å². The van der Waals surface area contributed by atoms with Gasteiger partial charge < -0.3 is 15.8 Å². The quantitative estimate of drug-likeness (QED) is 0.641. The third-order valence-electron chi connectivity index (χ3n) is 2.33. The maximum Gasteiger partial charge on any atom is 0.391 e. The highest BCUT2D eigenvalue weighted by molar-refractivity contribution is 5.95. The summed E-state index contributed by atoms with van der Waals surface area (Å²) in [5.74, 6) is -0.539. The normalized spacial score (nSPS) is 11.4. The summed E-state index contributed by atoms with van der Waals surface area (Å²) in [6.45, 7) is 0.778. The van der Waals surface area contributed by atoms with Gasteiger partial charge in [0.2, 0.25) is 5.91 Å². The molecular formula is C12H15F3N2O2. The fourth-order valence-electron chi connectivity index (χ4n) is 1.39. The molecule has 0 aromatic heterocycles. The summed E-state index contributed by atoms with van der Waals surface area (Å²) in [4.78, 5) is 11.5. The van der Waals surface area contributed by atoms with Gasteiger partial charge in [-0.05, 0) is 18.6 Å². The van der Waals surface area contributed by atoms with Gasteiger partial charge in [-0.3, -0.25) is 4.79 Å². The zero-order chi connectivity index (χ0) is 14.5. The molecular weight excluding hydrogens is 261 g/mol. The standard InChI is InChI=1S/C12H15F3N2O2/c1-8-3-2-4-9(16)11(8)17-10(18)7-19-6-5-12(13,14)15/h2-4H,5-7,16H2,1H3,(H,17,18). The molecule has 19 heavy (non-hydrogen) atoms. The average molecular weight is 276 g/mol. The number of ether oxygens (including phenoxy) is 1. The number of rotatable bonds is 5. The van der Waals surface area contributed by atoms with E-state index in [1.807, 2.05) is 0 Å². The highest BCUT2D eigenvalue weighted by Gasteiger charge is 2.26. The molecule has 1 amide bonds. The molecule has 7 heteroatoms. The molecule has 106 valence electrons. The van der Waals surface area contributed by atoms with E-state index >= 15 is 0 Å². The number of alkyl halides is 3. The first kappa shape index (κ1) is 15.3. The van der Waals surface area contributed by atoms with Crippen LogP contribution in [0.1, 0.15) is 12.0 Å². The highest BCUT2D eigenvalue weighted by Crippen LogP contribution is 2.22. The Labute approximate surface area is 108 Å². The maximum atomic E-state index is 11.8. The number of benzene rings is 1. The number of amides is 1. The number of para-hydroxylation sites is 1. The van der Waals surface area contributed by atoms with E-state index < -0.39 is 31.7 Å². The van der Waals surface area contributed by atoms with Crippen molar-refractivity contribution in [1.82, 2.24) is 0 Å². The minimum Gasteiger partial charge on any atom is -0.397 e. The smallest absolute Gasteiger partial charge is 0.391 e. The molecule has 1 aromatic rings. The van der Waals surface area contributed by atoms with Gasteiger partial charge in [0.15, 0.2) is 0 Å². The minimum absolute atomic E-state index is 0.392. The van der Waals surface area contributed by atoms with Gasteiger partial charge in [-0.1, -0.05) is 12.1 Å². The molecule has 0 bridgehead atoms. The lowest BCUT2D eigenvalue weighted by atomic mass is 10.1. The number of nitrogens with one attached hydrogen (secondary N) is 1. The van der Waals surface area contributed by atoms with E-state index in [0.29, 0.717) is 11.4 Å². The van der Waals surface area contributed by atoms with E-state index in [9.17, 15) is 18.0 Å². The summed E-state index contributed by atoms with van der Waals surface area (Å²) in [6, 6.07) is 5.11. The zero-order valence-corrected chi connectivity index (χ0v) is 10.4. The topological polar surface area (TPSA) is 64.3 Å². The molecule has 0 unspecified atom stereocenters. The monoisotopic (exact) mass is 276 g/mol. The summed E-state index contributed by atoms with van der Waals surface area (Å²) in [5, 5.41) is 2.51. The lowest BCUT2D eigenvalue weighted by Gasteiger charge is -2.11. The van der Waals surface area contributed by atoms with Gasteiger partial charge in [0.05, 0.1) is 24.4 Å². The second-order valence-electron chi connectivity index (χ2n) is 4.01. The first-order valence-corrected chi connectivity index (χ1v) is 5.59. The number of carbonyl (C=O) groups excluding carboxylic acids is 1. The molecule has 3 N–H and O–H groups in total. The van der Waals surface area contributed by atoms with E-state index in [1.165, 1.54) is 0 Å². The summed E-state index contributed by atoms with van der Waals surface area (Å²) in [5.41, 5.74) is 7.29. The van der Waals surface area contributed by atoms with Gasteiger partial charge in [-0.2, -0.15) is 13.2 Å². The summed E-state index contributed by atoms with van der Waals surface area (Å²) < 4.78 is 40.2. The molecule has 0 spiro atoms. The van der Waals surface area contributed by atoms with Crippen molar-refractivity contribution in [3.05, 3.63) is 23.8 Å². The number of hydrogen-bond donors (Lipinski definition) is 2. The van der Waals surface area contributed by atoms with Crippen molar-refractivity contribution >= 4 is 17.3 Å². The molecule has 0 saturated carbocycles. The second kappa shape index (κ2) is 6.42. The first-order chi connectivity index (χ1) is 8.79. The minimum atomic E-state index is -4.28. The van der Waals surface area contributed by atoms with Crippen molar-refractivity contribution in [3.63, 3.8) is 0 Å². The fraction of sp³-hybridized carbons (Fsp3) is 0.417. The lowest BCUT2D eigenvalue weighted by Crippen LogP contribution is -2.21. The molecule has 0 aliphatic carbocycles. The molecule has 4 nitrogen and oxygen atoms in total. The van der Waals surface area contributed by atoms with Crippen molar-refractivity contribution in [2.75, 3.05) is 24.3 Å². The van der Waals surface area contributed by atoms with Crippen LogP contribution in [0.15, 0.2) is 18.2 Å². The molecule has 1 aromatic carbocycles. The highest BCUT2D eigenvalue weighted by atomic mass is 19.4. The molecule has 1 rings (SSSR count). The van der Waals surface area contributed by atoms with Gasteiger partial charge in [0, 0.05) is 0 Å². The first-order valence-electron chi connectivity index (χ1n) is 5.59. The largest absolute Gasteiger partial charge is 0.397 e. The number of aryl methyl sites for hydroxylation is 1. The van der Waals surface area contributed by atoms with Gasteiger partial charge in [-0.15, -0.1) is 0 Å². The van der Waals surface area contributed by atoms with E-state index in [-0.39, 0.29) is 0 Å². The van der Waals surface area contributed by atoms with Crippen LogP contribution in [-0.4, -0.2) is 25.3 Å². The van der Waals surface area contributed by atoms with Crippen molar-refractivity contribution in [1.29, 1.82) is 0 Å². The third-order valence-corrected chi connectivity index (χ3v) is 2.33. The number of carbonyl (C=O) groups is 1. The number of anilines is 2. The Bertz CT molecular complexity index is 427. The van der Waals surface area contributed by atoms with Crippen molar-refractivity contribution in [2.24, 2.45) is 0 Å². The van der Waals surface area contributed by atoms with Crippen molar-refractivity contribution < 1.29 is 22.7 Å². The van der Waals surface area contributed by atoms with Crippen LogP contribution in [0.3, 0.4) is 0 Å². The molecule has 0 fully saturated rings. The van der Waals surface area contributed by atoms with Gasteiger partial charge in [0.25, 0.3) is 0 Å². The summed E-state index contributed by atoms with van der Waals surface area (Å²) in [7, 11) is 0. The molecule has 0 aliphatic heterocycles. The van der Waals surface area contributed by atoms with Crippen LogP contribution in [0, 0.1) is 6.92 Å². The predicted molar refractivity (Wildman–Crippen MR) is 65.7 cm³/mol. The van der Waals surface area contributed by atoms with Crippen LogP contribution >= 0.6 is 0 Å². The van der Waals surface area contributed by atoms with Crippen LogP contribution < -0.4 is 11.1 Å². The summed E-state index contributed by atoms with van der Waals surface area (Å²) in [6.07, 6.45) is -5.36. The lowest BCUT2D eigenvalue weighted by molar-refractivity contribution is -0.147. The molecule has 0 saturated heterocycles.